The minimum atomic E-state index is -0.143. The quantitative estimate of drug-likeness (QED) is 0.710. The molecule has 5 heteroatoms. The van der Waals surface area contributed by atoms with Crippen molar-refractivity contribution in [1.29, 1.82) is 0 Å². The van der Waals surface area contributed by atoms with Crippen LogP contribution in [0.4, 0.5) is 0 Å². The Morgan fingerprint density at radius 1 is 1.04 bits per heavy atom. The number of nitrogens with zero attached hydrogens (tertiary/aromatic N) is 2. The van der Waals surface area contributed by atoms with Crippen LogP contribution in [0.2, 0.25) is 0 Å². The largest absolute Gasteiger partial charge is 0.508 e. The average Bonchev–Trinajstić information content (AvgIpc) is 3.19. The Morgan fingerprint density at radius 3 is 2.56 bits per heavy atom. The standard InChI is InChI=1S/C22H18N2O3/c25-18-8-4-5-15(9-18)13-24-14-23-22(16-6-2-1-3-7-16)20(24)11-17-10-19(26)12-21(17)27/h1-10,14,25H,11-13H2. The maximum Gasteiger partial charge on any atom is 0.167 e. The van der Waals surface area contributed by atoms with Crippen molar-refractivity contribution in [2.45, 2.75) is 19.4 Å². The fourth-order valence-electron chi connectivity index (χ4n) is 3.35. The molecule has 0 spiro atoms. The molecular formula is C22H18N2O3. The minimum Gasteiger partial charge on any atom is -0.508 e. The van der Waals surface area contributed by atoms with Gasteiger partial charge in [0.2, 0.25) is 0 Å². The molecule has 0 radical (unpaired) electrons. The number of hydrogen-bond donors (Lipinski definition) is 1. The van der Waals surface area contributed by atoms with E-state index in [4.69, 9.17) is 0 Å². The third-order valence-corrected chi connectivity index (χ3v) is 4.64. The van der Waals surface area contributed by atoms with E-state index in [-0.39, 0.29) is 23.7 Å². The summed E-state index contributed by atoms with van der Waals surface area (Å²) in [5.74, 6) is -0.0591. The predicted octanol–water partition coefficient (Wildman–Crippen LogP) is 3.31. The molecule has 3 aromatic rings. The van der Waals surface area contributed by atoms with E-state index in [1.54, 1.807) is 24.5 Å². The number of carbonyl (C=O) groups is 2. The Hall–Kier alpha value is -3.47. The SMILES string of the molecule is O=C1C=C(Cc2c(-c3ccccc3)ncn2Cc2cccc(O)c2)C(=O)C1. The molecule has 134 valence electrons. The maximum absolute atomic E-state index is 12.1. The third kappa shape index (κ3) is 3.58. The highest BCUT2D eigenvalue weighted by Crippen LogP contribution is 2.27. The number of benzene rings is 2. The van der Waals surface area contributed by atoms with Crippen LogP contribution in [0.5, 0.6) is 5.75 Å². The molecule has 1 N–H and O–H groups in total. The van der Waals surface area contributed by atoms with Crippen molar-refractivity contribution >= 4 is 11.6 Å². The highest BCUT2D eigenvalue weighted by Gasteiger charge is 2.24. The summed E-state index contributed by atoms with van der Waals surface area (Å²) >= 11 is 0. The lowest BCUT2D eigenvalue weighted by Crippen LogP contribution is -2.08. The number of Topliss-reactive ketones (excluding diaryl/α,β-unsaturated/α-hetero) is 1. The Labute approximate surface area is 156 Å². The van der Waals surface area contributed by atoms with Crippen molar-refractivity contribution in [3.8, 4) is 17.0 Å². The molecule has 0 bridgehead atoms. The van der Waals surface area contributed by atoms with Gasteiger partial charge in [0.05, 0.1) is 24.1 Å². The van der Waals surface area contributed by atoms with E-state index in [1.807, 2.05) is 41.0 Å². The summed E-state index contributed by atoms with van der Waals surface area (Å²) < 4.78 is 1.97. The van der Waals surface area contributed by atoms with Gasteiger partial charge in [0.25, 0.3) is 0 Å². The lowest BCUT2D eigenvalue weighted by molar-refractivity contribution is -0.120. The molecule has 1 aliphatic carbocycles. The first kappa shape index (κ1) is 17.0. The highest BCUT2D eigenvalue weighted by molar-refractivity contribution is 6.19. The van der Waals surface area contributed by atoms with Crippen molar-refractivity contribution in [2.24, 2.45) is 0 Å². The number of allylic oxidation sites excluding steroid dienone is 2. The molecule has 5 nitrogen and oxygen atoms in total. The van der Waals surface area contributed by atoms with Gasteiger partial charge in [-0.25, -0.2) is 4.98 Å². The fourth-order valence-corrected chi connectivity index (χ4v) is 3.35. The van der Waals surface area contributed by atoms with Gasteiger partial charge in [-0.1, -0.05) is 42.5 Å². The first-order chi connectivity index (χ1) is 13.1. The molecule has 0 saturated heterocycles. The molecule has 0 aliphatic heterocycles. The number of aromatic nitrogens is 2. The van der Waals surface area contributed by atoms with Crippen LogP contribution >= 0.6 is 0 Å². The van der Waals surface area contributed by atoms with Crippen molar-refractivity contribution in [3.05, 3.63) is 83.8 Å². The van der Waals surface area contributed by atoms with Gasteiger partial charge in [0.15, 0.2) is 11.6 Å². The molecule has 0 unspecified atom stereocenters. The summed E-state index contributed by atoms with van der Waals surface area (Å²) in [5, 5.41) is 9.72. The van der Waals surface area contributed by atoms with Gasteiger partial charge in [-0.05, 0) is 23.8 Å². The van der Waals surface area contributed by atoms with Crippen LogP contribution in [-0.4, -0.2) is 26.2 Å². The van der Waals surface area contributed by atoms with E-state index < -0.39 is 0 Å². The number of aromatic hydroxyl groups is 1. The van der Waals surface area contributed by atoms with Crippen LogP contribution in [0.15, 0.2) is 72.6 Å². The molecule has 1 heterocycles. The summed E-state index contributed by atoms with van der Waals surface area (Å²) in [7, 11) is 0. The number of rotatable bonds is 5. The van der Waals surface area contributed by atoms with Gasteiger partial charge in [0, 0.05) is 24.1 Å². The Kier molecular flexibility index (Phi) is 4.42. The van der Waals surface area contributed by atoms with Crippen LogP contribution < -0.4 is 0 Å². The van der Waals surface area contributed by atoms with E-state index in [0.717, 1.165) is 22.5 Å². The van der Waals surface area contributed by atoms with Gasteiger partial charge in [0.1, 0.15) is 5.75 Å². The number of carbonyl (C=O) groups excluding carboxylic acids is 2. The van der Waals surface area contributed by atoms with E-state index in [2.05, 4.69) is 4.98 Å². The van der Waals surface area contributed by atoms with Crippen molar-refractivity contribution in [2.75, 3.05) is 0 Å². The number of ketones is 2. The molecule has 0 atom stereocenters. The summed E-state index contributed by atoms with van der Waals surface area (Å²) in [4.78, 5) is 28.3. The zero-order valence-corrected chi connectivity index (χ0v) is 14.6. The van der Waals surface area contributed by atoms with Crippen molar-refractivity contribution < 1.29 is 14.7 Å². The number of phenols is 1. The molecule has 2 aromatic carbocycles. The van der Waals surface area contributed by atoms with E-state index in [1.165, 1.54) is 6.08 Å². The van der Waals surface area contributed by atoms with Crippen LogP contribution in [0.3, 0.4) is 0 Å². The second-order valence-corrected chi connectivity index (χ2v) is 6.62. The zero-order chi connectivity index (χ0) is 18.8. The molecule has 1 aromatic heterocycles. The zero-order valence-electron chi connectivity index (χ0n) is 14.6. The predicted molar refractivity (Wildman–Crippen MR) is 101 cm³/mol. The third-order valence-electron chi connectivity index (χ3n) is 4.64. The van der Waals surface area contributed by atoms with E-state index >= 15 is 0 Å². The molecule has 4 rings (SSSR count). The molecule has 27 heavy (non-hydrogen) atoms. The van der Waals surface area contributed by atoms with Crippen LogP contribution in [0, 0.1) is 0 Å². The number of phenolic OH excluding ortho intramolecular Hbond substituents is 1. The lowest BCUT2D eigenvalue weighted by Gasteiger charge is -2.11. The van der Waals surface area contributed by atoms with E-state index in [9.17, 15) is 14.7 Å². The molecule has 1 aliphatic rings. The summed E-state index contributed by atoms with van der Waals surface area (Å²) in [6.07, 6.45) is 3.50. The summed E-state index contributed by atoms with van der Waals surface area (Å²) in [6, 6.07) is 16.8. The Balaban J connectivity index is 1.75. The summed E-state index contributed by atoms with van der Waals surface area (Å²) in [6.45, 7) is 0.513. The average molecular weight is 358 g/mol. The van der Waals surface area contributed by atoms with E-state index in [0.29, 0.717) is 18.5 Å². The van der Waals surface area contributed by atoms with Gasteiger partial charge < -0.3 is 9.67 Å². The first-order valence-electron chi connectivity index (χ1n) is 8.74. The van der Waals surface area contributed by atoms with Gasteiger partial charge in [-0.2, -0.15) is 0 Å². The lowest BCUT2D eigenvalue weighted by atomic mass is 10.0. The van der Waals surface area contributed by atoms with Gasteiger partial charge in [-0.3, -0.25) is 9.59 Å². The smallest absolute Gasteiger partial charge is 0.167 e. The molecule has 0 amide bonds. The Bertz CT molecular complexity index is 1050. The van der Waals surface area contributed by atoms with Crippen LogP contribution in [0.1, 0.15) is 17.7 Å². The maximum atomic E-state index is 12.1. The molecular weight excluding hydrogens is 340 g/mol. The molecule has 0 fully saturated rings. The molecule has 0 saturated carbocycles. The number of imidazole rings is 1. The van der Waals surface area contributed by atoms with Gasteiger partial charge >= 0.3 is 0 Å². The Morgan fingerprint density at radius 2 is 1.85 bits per heavy atom. The first-order valence-corrected chi connectivity index (χ1v) is 8.74. The highest BCUT2D eigenvalue weighted by atomic mass is 16.3. The summed E-state index contributed by atoms with van der Waals surface area (Å²) in [5.41, 5.74) is 4.08. The topological polar surface area (TPSA) is 72.2 Å². The van der Waals surface area contributed by atoms with Gasteiger partial charge in [-0.15, -0.1) is 0 Å². The van der Waals surface area contributed by atoms with Crippen LogP contribution in [0.25, 0.3) is 11.3 Å². The minimum absolute atomic E-state index is 0.0449. The fraction of sp³-hybridized carbons (Fsp3) is 0.136. The van der Waals surface area contributed by atoms with Crippen LogP contribution in [-0.2, 0) is 22.6 Å². The normalized spacial score (nSPS) is 13.9. The monoisotopic (exact) mass is 358 g/mol. The second kappa shape index (κ2) is 7.03. The second-order valence-electron chi connectivity index (χ2n) is 6.62. The van der Waals surface area contributed by atoms with Crippen molar-refractivity contribution in [3.63, 3.8) is 0 Å². The number of hydrogen-bond acceptors (Lipinski definition) is 4. The van der Waals surface area contributed by atoms with Crippen molar-refractivity contribution in [1.82, 2.24) is 9.55 Å².